The van der Waals surface area contributed by atoms with E-state index in [-0.39, 0.29) is 35.5 Å². The molecule has 0 saturated carbocycles. The van der Waals surface area contributed by atoms with Gasteiger partial charge in [0.2, 0.25) is 5.91 Å². The highest BCUT2D eigenvalue weighted by molar-refractivity contribution is 5.96. The third-order valence-corrected chi connectivity index (χ3v) is 5.23. The van der Waals surface area contributed by atoms with Crippen LogP contribution in [0.25, 0.3) is 0 Å². The van der Waals surface area contributed by atoms with E-state index in [0.717, 1.165) is 6.07 Å². The third-order valence-electron chi connectivity index (χ3n) is 5.23. The molecule has 1 aliphatic heterocycles. The summed E-state index contributed by atoms with van der Waals surface area (Å²) in [7, 11) is 0. The van der Waals surface area contributed by atoms with Gasteiger partial charge in [-0.2, -0.15) is 0 Å². The number of nitrogens with zero attached hydrogens (tertiary/aromatic N) is 2. The summed E-state index contributed by atoms with van der Waals surface area (Å²) < 4.78 is 33.2. The highest BCUT2D eigenvalue weighted by Gasteiger charge is 2.38. The van der Waals surface area contributed by atoms with E-state index in [1.165, 1.54) is 42.2 Å². The van der Waals surface area contributed by atoms with E-state index in [1.807, 2.05) is 0 Å². The predicted molar refractivity (Wildman–Crippen MR) is 111 cm³/mol. The summed E-state index contributed by atoms with van der Waals surface area (Å²) in [5.74, 6) is -3.99. The van der Waals surface area contributed by atoms with Crippen molar-refractivity contribution >= 4 is 17.6 Å². The average Bonchev–Trinajstić information content (AvgIpc) is 2.73. The van der Waals surface area contributed by atoms with Crippen LogP contribution in [0, 0.1) is 21.7 Å². The van der Waals surface area contributed by atoms with Gasteiger partial charge in [-0.15, -0.1) is 0 Å². The molecule has 7 nitrogen and oxygen atoms in total. The van der Waals surface area contributed by atoms with Gasteiger partial charge >= 0.3 is 5.97 Å². The zero-order valence-corrected chi connectivity index (χ0v) is 17.8. The number of carbonyl (C=O) groups excluding carboxylic acids is 2. The Bertz CT molecular complexity index is 1110. The van der Waals surface area contributed by atoms with Crippen LogP contribution >= 0.6 is 0 Å². The molecule has 3 rings (SSSR count). The molecule has 9 heteroatoms. The Morgan fingerprint density at radius 1 is 1.25 bits per heavy atom. The number of nitro benzene ring substituents is 1. The number of ether oxygens (including phenoxy) is 1. The second kappa shape index (κ2) is 9.25. The first-order chi connectivity index (χ1) is 15.1. The molecule has 32 heavy (non-hydrogen) atoms. The van der Waals surface area contributed by atoms with Gasteiger partial charge < -0.3 is 9.64 Å². The number of benzene rings is 2. The third kappa shape index (κ3) is 4.66. The highest BCUT2D eigenvalue weighted by Crippen LogP contribution is 2.39. The van der Waals surface area contributed by atoms with Crippen molar-refractivity contribution in [2.45, 2.75) is 45.8 Å². The average molecular weight is 444 g/mol. The van der Waals surface area contributed by atoms with Gasteiger partial charge in [-0.3, -0.25) is 14.9 Å². The molecule has 0 fully saturated rings. The normalized spacial score (nSPS) is 16.5. The lowest BCUT2D eigenvalue weighted by molar-refractivity contribution is -0.384. The Labute approximate surface area is 183 Å². The van der Waals surface area contributed by atoms with Crippen LogP contribution in [0.15, 0.2) is 53.7 Å². The summed E-state index contributed by atoms with van der Waals surface area (Å²) in [6, 6.07) is 9.38. The molecule has 1 heterocycles. The SMILES string of the molecule is CC1=C(C(=O)OC(C)C)[C@@H](c2cccc([N+](=O)[O-])c2)CC(=O)N1Cc1cccc(F)c1F. The monoisotopic (exact) mass is 444 g/mol. The van der Waals surface area contributed by atoms with E-state index in [2.05, 4.69) is 0 Å². The molecule has 0 unspecified atom stereocenters. The predicted octanol–water partition coefficient (Wildman–Crippen LogP) is 4.61. The second-order valence-electron chi connectivity index (χ2n) is 7.75. The van der Waals surface area contributed by atoms with Crippen molar-refractivity contribution in [3.63, 3.8) is 0 Å². The van der Waals surface area contributed by atoms with Gasteiger partial charge in [0.15, 0.2) is 11.6 Å². The lowest BCUT2D eigenvalue weighted by Crippen LogP contribution is -2.38. The van der Waals surface area contributed by atoms with Crippen LogP contribution in [0.3, 0.4) is 0 Å². The molecule has 0 radical (unpaired) electrons. The molecule has 0 bridgehead atoms. The highest BCUT2D eigenvalue weighted by atomic mass is 19.2. The minimum absolute atomic E-state index is 0.0388. The van der Waals surface area contributed by atoms with E-state index in [0.29, 0.717) is 5.56 Å². The van der Waals surface area contributed by atoms with Crippen LogP contribution < -0.4 is 0 Å². The molecule has 1 aliphatic rings. The van der Waals surface area contributed by atoms with Crippen molar-refractivity contribution in [3.8, 4) is 0 Å². The Kier molecular flexibility index (Phi) is 6.67. The number of non-ortho nitro benzene ring substituents is 1. The molecule has 0 saturated heterocycles. The minimum Gasteiger partial charge on any atom is -0.460 e. The van der Waals surface area contributed by atoms with Crippen LogP contribution in [0.2, 0.25) is 0 Å². The molecular formula is C23H22F2N2O5. The number of carbonyl (C=O) groups is 2. The Balaban J connectivity index is 2.09. The van der Waals surface area contributed by atoms with Crippen molar-refractivity contribution in [2.24, 2.45) is 0 Å². The van der Waals surface area contributed by atoms with Crippen LogP contribution in [0.1, 0.15) is 44.2 Å². The van der Waals surface area contributed by atoms with Crippen LogP contribution in [0.4, 0.5) is 14.5 Å². The summed E-state index contributed by atoms with van der Waals surface area (Å²) in [4.78, 5) is 37.8. The van der Waals surface area contributed by atoms with Gasteiger partial charge in [0.25, 0.3) is 5.69 Å². The number of nitro groups is 1. The van der Waals surface area contributed by atoms with Gasteiger partial charge in [0.1, 0.15) is 0 Å². The van der Waals surface area contributed by atoms with Crippen molar-refractivity contribution < 1.29 is 28.0 Å². The lowest BCUT2D eigenvalue weighted by atomic mass is 9.83. The Morgan fingerprint density at radius 3 is 2.59 bits per heavy atom. The Morgan fingerprint density at radius 2 is 1.94 bits per heavy atom. The van der Waals surface area contributed by atoms with Gasteiger partial charge in [-0.25, -0.2) is 13.6 Å². The zero-order chi connectivity index (χ0) is 23.6. The lowest BCUT2D eigenvalue weighted by Gasteiger charge is -2.34. The summed E-state index contributed by atoms with van der Waals surface area (Å²) in [6.07, 6.45) is -0.627. The molecule has 2 aromatic carbocycles. The second-order valence-corrected chi connectivity index (χ2v) is 7.75. The number of hydrogen-bond acceptors (Lipinski definition) is 5. The molecule has 0 aliphatic carbocycles. The summed E-state index contributed by atoms with van der Waals surface area (Å²) in [5, 5.41) is 11.2. The summed E-state index contributed by atoms with van der Waals surface area (Å²) >= 11 is 0. The first-order valence-corrected chi connectivity index (χ1v) is 9.99. The standard InChI is InChI=1S/C23H22F2N2O5/c1-13(2)32-23(29)21-14(3)26(12-16-7-5-9-19(24)22(16)25)20(28)11-18(21)15-6-4-8-17(10-15)27(30)31/h4-10,13,18H,11-12H2,1-3H3/t18-/m1/s1. The zero-order valence-electron chi connectivity index (χ0n) is 17.8. The molecule has 1 atom stereocenters. The van der Waals surface area contributed by atoms with E-state index in [4.69, 9.17) is 4.74 Å². The molecule has 0 spiro atoms. The molecule has 168 valence electrons. The number of allylic oxidation sites excluding steroid dienone is 1. The van der Waals surface area contributed by atoms with Crippen molar-refractivity contribution in [1.82, 2.24) is 4.90 Å². The first kappa shape index (κ1) is 23.1. The summed E-state index contributed by atoms with van der Waals surface area (Å²) in [5.41, 5.74) is 0.582. The molecule has 2 aromatic rings. The molecule has 0 aromatic heterocycles. The maximum absolute atomic E-state index is 14.2. The van der Waals surface area contributed by atoms with Crippen LogP contribution in [0.5, 0.6) is 0 Å². The largest absolute Gasteiger partial charge is 0.460 e. The summed E-state index contributed by atoms with van der Waals surface area (Å²) in [6.45, 7) is 4.60. The molecular weight excluding hydrogens is 422 g/mol. The molecule has 1 amide bonds. The number of amides is 1. The maximum Gasteiger partial charge on any atom is 0.336 e. The van der Waals surface area contributed by atoms with Crippen molar-refractivity contribution in [1.29, 1.82) is 0 Å². The van der Waals surface area contributed by atoms with Gasteiger partial charge in [-0.05, 0) is 32.4 Å². The number of hydrogen-bond donors (Lipinski definition) is 0. The molecule has 0 N–H and O–H groups in total. The first-order valence-electron chi connectivity index (χ1n) is 9.99. The fourth-order valence-electron chi connectivity index (χ4n) is 3.73. The number of esters is 1. The van der Waals surface area contributed by atoms with Gasteiger partial charge in [0, 0.05) is 35.7 Å². The van der Waals surface area contributed by atoms with Gasteiger partial charge in [0.05, 0.1) is 23.1 Å². The van der Waals surface area contributed by atoms with Crippen LogP contribution in [-0.4, -0.2) is 27.8 Å². The fourth-order valence-corrected chi connectivity index (χ4v) is 3.73. The number of halogens is 2. The van der Waals surface area contributed by atoms with Crippen molar-refractivity contribution in [2.75, 3.05) is 0 Å². The number of rotatable bonds is 6. The van der Waals surface area contributed by atoms with E-state index >= 15 is 0 Å². The minimum atomic E-state index is -1.07. The topological polar surface area (TPSA) is 89.7 Å². The van der Waals surface area contributed by atoms with E-state index in [1.54, 1.807) is 19.9 Å². The smallest absolute Gasteiger partial charge is 0.336 e. The van der Waals surface area contributed by atoms with Crippen molar-refractivity contribution in [3.05, 3.63) is 86.6 Å². The maximum atomic E-state index is 14.2. The van der Waals surface area contributed by atoms with Crippen LogP contribution in [-0.2, 0) is 20.9 Å². The fraction of sp³-hybridized carbons (Fsp3) is 0.304. The van der Waals surface area contributed by atoms with E-state index in [9.17, 15) is 28.5 Å². The van der Waals surface area contributed by atoms with E-state index < -0.39 is 40.5 Å². The Hall–Kier alpha value is -3.62. The quantitative estimate of drug-likeness (QED) is 0.369. The van der Waals surface area contributed by atoms with Gasteiger partial charge in [-0.1, -0.05) is 24.3 Å².